The molecular formula is C12H14N2O2. The number of H-pyrrole nitrogens is 1. The first-order valence-electron chi connectivity index (χ1n) is 5.20. The van der Waals surface area contributed by atoms with Gasteiger partial charge in [-0.25, -0.2) is 0 Å². The molecule has 0 amide bonds. The Bertz CT molecular complexity index is 560. The number of nitrogens with two attached hydrogens (primary N) is 1. The molecule has 0 fully saturated rings. The number of hydrogen-bond donors (Lipinski definition) is 2. The van der Waals surface area contributed by atoms with Gasteiger partial charge in [-0.15, -0.1) is 0 Å². The second-order valence-corrected chi connectivity index (χ2v) is 3.60. The van der Waals surface area contributed by atoms with E-state index in [1.165, 1.54) is 0 Å². The summed E-state index contributed by atoms with van der Waals surface area (Å²) in [4.78, 5) is 14.9. The van der Waals surface area contributed by atoms with E-state index in [1.807, 2.05) is 13.0 Å². The number of hydrogen-bond acceptors (Lipinski definition) is 3. The third-order valence-corrected chi connectivity index (χ3v) is 2.37. The van der Waals surface area contributed by atoms with E-state index in [4.69, 9.17) is 10.5 Å². The van der Waals surface area contributed by atoms with Crippen LogP contribution in [0.15, 0.2) is 29.1 Å². The number of aromatic nitrogens is 1. The summed E-state index contributed by atoms with van der Waals surface area (Å²) in [6.07, 6.45) is 0. The number of ether oxygens (including phenoxy) is 1. The van der Waals surface area contributed by atoms with Gasteiger partial charge in [0.05, 0.1) is 6.61 Å². The lowest BCUT2D eigenvalue weighted by Crippen LogP contribution is -2.06. The quantitative estimate of drug-likeness (QED) is 0.769. The van der Waals surface area contributed by atoms with Gasteiger partial charge in [-0.3, -0.25) is 4.79 Å². The molecule has 4 nitrogen and oxygen atoms in total. The molecule has 16 heavy (non-hydrogen) atoms. The normalized spacial score (nSPS) is 10.8. The third kappa shape index (κ3) is 2.06. The molecule has 4 heteroatoms. The highest BCUT2D eigenvalue weighted by atomic mass is 16.5. The summed E-state index contributed by atoms with van der Waals surface area (Å²) < 4.78 is 5.25. The van der Waals surface area contributed by atoms with Crippen molar-refractivity contribution in [2.24, 2.45) is 0 Å². The van der Waals surface area contributed by atoms with E-state index in [-0.39, 0.29) is 5.43 Å². The van der Waals surface area contributed by atoms with E-state index in [9.17, 15) is 4.79 Å². The van der Waals surface area contributed by atoms with Crippen LogP contribution in [0.25, 0.3) is 10.9 Å². The first-order valence-corrected chi connectivity index (χ1v) is 5.20. The minimum Gasteiger partial charge on any atom is -0.399 e. The second-order valence-electron chi connectivity index (χ2n) is 3.60. The van der Waals surface area contributed by atoms with Gasteiger partial charge >= 0.3 is 0 Å². The molecule has 3 N–H and O–H groups in total. The van der Waals surface area contributed by atoms with Crippen LogP contribution in [0.4, 0.5) is 5.69 Å². The molecular weight excluding hydrogens is 204 g/mol. The molecule has 1 aromatic heterocycles. The Morgan fingerprint density at radius 1 is 1.38 bits per heavy atom. The molecule has 0 bridgehead atoms. The SMILES string of the molecule is CCOCc1cc(=O)c2cc(N)ccc2[nH]1. The Hall–Kier alpha value is -1.81. The van der Waals surface area contributed by atoms with Gasteiger partial charge in [0.25, 0.3) is 0 Å². The van der Waals surface area contributed by atoms with Gasteiger partial charge in [-0.05, 0) is 25.1 Å². The number of nitrogens with one attached hydrogen (secondary N) is 1. The zero-order valence-corrected chi connectivity index (χ0v) is 9.12. The van der Waals surface area contributed by atoms with E-state index in [2.05, 4.69) is 4.98 Å². The van der Waals surface area contributed by atoms with Gasteiger partial charge in [0.15, 0.2) is 5.43 Å². The Morgan fingerprint density at radius 3 is 2.94 bits per heavy atom. The van der Waals surface area contributed by atoms with Gasteiger partial charge in [0.1, 0.15) is 0 Å². The largest absolute Gasteiger partial charge is 0.399 e. The summed E-state index contributed by atoms with van der Waals surface area (Å²) in [5.74, 6) is 0. The summed E-state index contributed by atoms with van der Waals surface area (Å²) in [6.45, 7) is 2.97. The molecule has 84 valence electrons. The predicted molar refractivity (Wildman–Crippen MR) is 64.3 cm³/mol. The highest BCUT2D eigenvalue weighted by Gasteiger charge is 2.02. The first-order chi connectivity index (χ1) is 7.70. The van der Waals surface area contributed by atoms with Crippen LogP contribution in [-0.4, -0.2) is 11.6 Å². The van der Waals surface area contributed by atoms with Crippen LogP contribution in [0.1, 0.15) is 12.6 Å². The number of anilines is 1. The molecule has 0 spiro atoms. The number of fused-ring (bicyclic) bond motifs is 1. The van der Waals surface area contributed by atoms with E-state index in [0.717, 1.165) is 11.2 Å². The standard InChI is InChI=1S/C12H14N2O2/c1-2-16-7-9-6-12(15)10-5-8(13)3-4-11(10)14-9/h3-6H,2,7,13H2,1H3,(H,14,15). The fourth-order valence-corrected chi connectivity index (χ4v) is 1.61. The number of aromatic amines is 1. The maximum absolute atomic E-state index is 11.8. The fourth-order valence-electron chi connectivity index (χ4n) is 1.61. The van der Waals surface area contributed by atoms with Gasteiger partial charge in [0, 0.05) is 35.0 Å². The van der Waals surface area contributed by atoms with Crippen LogP contribution in [0.2, 0.25) is 0 Å². The number of benzene rings is 1. The highest BCUT2D eigenvalue weighted by Crippen LogP contribution is 2.12. The van der Waals surface area contributed by atoms with E-state index < -0.39 is 0 Å². The maximum atomic E-state index is 11.8. The molecule has 0 aliphatic carbocycles. The molecule has 2 rings (SSSR count). The zero-order valence-electron chi connectivity index (χ0n) is 9.12. The minimum absolute atomic E-state index is 0.0317. The van der Waals surface area contributed by atoms with Crippen LogP contribution >= 0.6 is 0 Å². The lowest BCUT2D eigenvalue weighted by atomic mass is 10.2. The van der Waals surface area contributed by atoms with Gasteiger partial charge in [-0.2, -0.15) is 0 Å². The molecule has 0 aliphatic heterocycles. The van der Waals surface area contributed by atoms with E-state index in [0.29, 0.717) is 24.3 Å². The minimum atomic E-state index is -0.0317. The van der Waals surface area contributed by atoms with E-state index in [1.54, 1.807) is 18.2 Å². The summed E-state index contributed by atoms with van der Waals surface area (Å²) in [6, 6.07) is 6.81. The summed E-state index contributed by atoms with van der Waals surface area (Å²) in [5.41, 5.74) is 7.76. The molecule has 0 radical (unpaired) electrons. The van der Waals surface area contributed by atoms with Gasteiger partial charge in [0.2, 0.25) is 0 Å². The van der Waals surface area contributed by atoms with Crippen LogP contribution in [0, 0.1) is 0 Å². The Kier molecular flexibility index (Phi) is 2.92. The maximum Gasteiger partial charge on any atom is 0.189 e. The molecule has 1 aromatic carbocycles. The zero-order chi connectivity index (χ0) is 11.5. The van der Waals surface area contributed by atoms with E-state index >= 15 is 0 Å². The van der Waals surface area contributed by atoms with Crippen molar-refractivity contribution in [3.8, 4) is 0 Å². The molecule has 0 unspecified atom stereocenters. The number of nitrogen functional groups attached to an aromatic ring is 1. The summed E-state index contributed by atoms with van der Waals surface area (Å²) in [5, 5.41) is 0.611. The van der Waals surface area contributed by atoms with Gasteiger partial charge in [-0.1, -0.05) is 0 Å². The topological polar surface area (TPSA) is 68.1 Å². The fraction of sp³-hybridized carbons (Fsp3) is 0.250. The smallest absolute Gasteiger partial charge is 0.189 e. The first kappa shape index (κ1) is 10.7. The van der Waals surface area contributed by atoms with Gasteiger partial charge < -0.3 is 15.5 Å². The molecule has 0 atom stereocenters. The van der Waals surface area contributed by atoms with Crippen molar-refractivity contribution in [3.63, 3.8) is 0 Å². The van der Waals surface area contributed by atoms with Crippen molar-refractivity contribution in [2.45, 2.75) is 13.5 Å². The molecule has 0 saturated carbocycles. The Labute approximate surface area is 93.0 Å². The number of rotatable bonds is 3. The monoisotopic (exact) mass is 218 g/mol. The third-order valence-electron chi connectivity index (χ3n) is 2.37. The summed E-state index contributed by atoms with van der Waals surface area (Å²) >= 11 is 0. The van der Waals surface area contributed by atoms with Crippen molar-refractivity contribution in [1.82, 2.24) is 4.98 Å². The van der Waals surface area contributed by atoms with Crippen molar-refractivity contribution in [1.29, 1.82) is 0 Å². The predicted octanol–water partition coefficient (Wildman–Crippen LogP) is 1.65. The van der Waals surface area contributed by atoms with Crippen molar-refractivity contribution >= 4 is 16.6 Å². The Balaban J connectivity index is 2.51. The lowest BCUT2D eigenvalue weighted by Gasteiger charge is -2.04. The molecule has 2 aromatic rings. The Morgan fingerprint density at radius 2 is 2.19 bits per heavy atom. The van der Waals surface area contributed by atoms with Crippen molar-refractivity contribution < 1.29 is 4.74 Å². The number of pyridine rings is 1. The lowest BCUT2D eigenvalue weighted by molar-refractivity contribution is 0.131. The summed E-state index contributed by atoms with van der Waals surface area (Å²) in [7, 11) is 0. The van der Waals surface area contributed by atoms with Crippen molar-refractivity contribution in [2.75, 3.05) is 12.3 Å². The highest BCUT2D eigenvalue weighted by molar-refractivity contribution is 5.81. The van der Waals surface area contributed by atoms with Crippen LogP contribution in [-0.2, 0) is 11.3 Å². The molecule has 0 aliphatic rings. The average molecular weight is 218 g/mol. The molecule has 0 saturated heterocycles. The second kappa shape index (κ2) is 4.37. The van der Waals surface area contributed by atoms with Crippen LogP contribution < -0.4 is 11.2 Å². The average Bonchev–Trinajstić information content (AvgIpc) is 2.27. The van der Waals surface area contributed by atoms with Crippen molar-refractivity contribution in [3.05, 3.63) is 40.2 Å². The molecule has 1 heterocycles. The van der Waals surface area contributed by atoms with Crippen LogP contribution in [0.5, 0.6) is 0 Å². The van der Waals surface area contributed by atoms with Crippen LogP contribution in [0.3, 0.4) is 0 Å².